The van der Waals surface area contributed by atoms with Gasteiger partial charge in [-0.3, -0.25) is 14.5 Å². The average molecular weight is 307 g/mol. The summed E-state index contributed by atoms with van der Waals surface area (Å²) in [6.07, 6.45) is 4.57. The van der Waals surface area contributed by atoms with Gasteiger partial charge in [-0.05, 0) is 38.5 Å². The van der Waals surface area contributed by atoms with E-state index in [2.05, 4.69) is 18.7 Å². The zero-order valence-corrected chi connectivity index (χ0v) is 14.0. The molecule has 2 aliphatic heterocycles. The van der Waals surface area contributed by atoms with Crippen molar-refractivity contribution < 1.29 is 9.59 Å². The topological polar surface area (TPSA) is 43.9 Å². The molecule has 0 radical (unpaired) electrons. The van der Waals surface area contributed by atoms with Crippen LogP contribution in [-0.2, 0) is 9.59 Å². The minimum absolute atomic E-state index is 0.266. The van der Waals surface area contributed by atoms with E-state index < -0.39 is 0 Å². The monoisotopic (exact) mass is 307 g/mol. The zero-order valence-electron chi connectivity index (χ0n) is 14.0. The quantitative estimate of drug-likeness (QED) is 0.786. The molecule has 0 spiro atoms. The Kier molecular flexibility index (Phi) is 4.71. The van der Waals surface area contributed by atoms with Gasteiger partial charge >= 0.3 is 0 Å². The van der Waals surface area contributed by atoms with Gasteiger partial charge in [0, 0.05) is 44.7 Å². The molecule has 5 nitrogen and oxygen atoms in total. The second kappa shape index (κ2) is 6.57. The van der Waals surface area contributed by atoms with Crippen molar-refractivity contribution in [2.75, 3.05) is 39.3 Å². The van der Waals surface area contributed by atoms with Crippen LogP contribution in [0.3, 0.4) is 0 Å². The first-order chi connectivity index (χ1) is 10.6. The molecule has 5 heteroatoms. The molecule has 1 saturated carbocycles. The molecule has 1 aliphatic carbocycles. The lowest BCUT2D eigenvalue weighted by Crippen LogP contribution is -2.53. The highest BCUT2D eigenvalue weighted by Gasteiger charge is 2.42. The number of hydrogen-bond acceptors (Lipinski definition) is 3. The van der Waals surface area contributed by atoms with Crippen LogP contribution < -0.4 is 0 Å². The lowest BCUT2D eigenvalue weighted by molar-refractivity contribution is -0.137. The van der Waals surface area contributed by atoms with Gasteiger partial charge < -0.3 is 9.80 Å². The van der Waals surface area contributed by atoms with Gasteiger partial charge in [-0.1, -0.05) is 6.92 Å². The van der Waals surface area contributed by atoms with E-state index in [1.165, 1.54) is 6.42 Å². The van der Waals surface area contributed by atoms with Crippen LogP contribution in [0.4, 0.5) is 0 Å². The summed E-state index contributed by atoms with van der Waals surface area (Å²) in [4.78, 5) is 30.9. The van der Waals surface area contributed by atoms with Crippen LogP contribution in [0.2, 0.25) is 0 Å². The van der Waals surface area contributed by atoms with Crippen molar-refractivity contribution in [3.05, 3.63) is 0 Å². The maximum Gasteiger partial charge on any atom is 0.236 e. The molecule has 0 N–H and O–H groups in total. The molecule has 2 amide bonds. The van der Waals surface area contributed by atoms with E-state index >= 15 is 0 Å². The fraction of sp³-hybridized carbons (Fsp3) is 0.882. The molecule has 124 valence electrons. The predicted molar refractivity (Wildman–Crippen MR) is 85.3 cm³/mol. The van der Waals surface area contributed by atoms with Crippen molar-refractivity contribution in [3.63, 3.8) is 0 Å². The van der Waals surface area contributed by atoms with Gasteiger partial charge in [0.25, 0.3) is 0 Å². The molecule has 2 heterocycles. The summed E-state index contributed by atoms with van der Waals surface area (Å²) in [5, 5.41) is 0. The first kappa shape index (κ1) is 15.8. The molecule has 3 aliphatic rings. The van der Waals surface area contributed by atoms with Crippen LogP contribution in [0.1, 0.15) is 39.5 Å². The number of amides is 2. The predicted octanol–water partition coefficient (Wildman–Crippen LogP) is 1.19. The molecular weight excluding hydrogens is 278 g/mol. The van der Waals surface area contributed by atoms with Crippen LogP contribution >= 0.6 is 0 Å². The number of piperidine rings is 1. The second-order valence-electron chi connectivity index (χ2n) is 7.35. The Balaban J connectivity index is 1.43. The Morgan fingerprint density at radius 1 is 1.00 bits per heavy atom. The number of nitrogens with zero attached hydrogens (tertiary/aromatic N) is 3. The summed E-state index contributed by atoms with van der Waals surface area (Å²) in [7, 11) is 0. The molecule has 3 atom stereocenters. The Morgan fingerprint density at radius 3 is 2.27 bits per heavy atom. The van der Waals surface area contributed by atoms with Crippen LogP contribution in [0.15, 0.2) is 0 Å². The van der Waals surface area contributed by atoms with Gasteiger partial charge in [0.15, 0.2) is 0 Å². The highest BCUT2D eigenvalue weighted by Crippen LogP contribution is 2.39. The van der Waals surface area contributed by atoms with Crippen molar-refractivity contribution in [1.29, 1.82) is 0 Å². The van der Waals surface area contributed by atoms with Crippen LogP contribution in [0, 0.1) is 11.8 Å². The van der Waals surface area contributed by atoms with Crippen LogP contribution in [-0.4, -0.2) is 71.8 Å². The van der Waals surface area contributed by atoms with Crippen molar-refractivity contribution in [3.8, 4) is 0 Å². The molecule has 0 aromatic carbocycles. The van der Waals surface area contributed by atoms with E-state index in [0.29, 0.717) is 24.4 Å². The first-order valence-corrected chi connectivity index (χ1v) is 8.87. The average Bonchev–Trinajstić information content (AvgIpc) is 3.24. The Labute approximate surface area is 133 Å². The third kappa shape index (κ3) is 3.45. The van der Waals surface area contributed by atoms with Gasteiger partial charge in [0.1, 0.15) is 0 Å². The van der Waals surface area contributed by atoms with Gasteiger partial charge in [0.05, 0.1) is 6.54 Å². The summed E-state index contributed by atoms with van der Waals surface area (Å²) < 4.78 is 0. The van der Waals surface area contributed by atoms with E-state index in [-0.39, 0.29) is 11.8 Å². The van der Waals surface area contributed by atoms with E-state index in [0.717, 1.165) is 52.0 Å². The summed E-state index contributed by atoms with van der Waals surface area (Å²) >= 11 is 0. The molecule has 3 fully saturated rings. The van der Waals surface area contributed by atoms with E-state index in [1.54, 1.807) is 0 Å². The molecule has 0 bridgehead atoms. The maximum atomic E-state index is 12.5. The highest BCUT2D eigenvalue weighted by atomic mass is 16.2. The van der Waals surface area contributed by atoms with E-state index in [9.17, 15) is 9.59 Å². The number of carbonyl (C=O) groups is 2. The van der Waals surface area contributed by atoms with Gasteiger partial charge in [-0.15, -0.1) is 0 Å². The van der Waals surface area contributed by atoms with Gasteiger partial charge in [-0.2, -0.15) is 0 Å². The normalized spacial score (nSPS) is 32.9. The summed E-state index contributed by atoms with van der Waals surface area (Å²) in [5.74, 6) is 1.46. The Hall–Kier alpha value is -1.10. The highest BCUT2D eigenvalue weighted by molar-refractivity contribution is 5.82. The van der Waals surface area contributed by atoms with E-state index in [4.69, 9.17) is 0 Å². The standard InChI is InChI=1S/C17H29N3O2/c1-13-11-15(13)17(22)19-9-7-18(8-10-19)12-16(21)20-6-4-3-5-14(20)2/h13-15H,3-12H2,1-2H3. The molecule has 0 aromatic heterocycles. The van der Waals surface area contributed by atoms with Crippen LogP contribution in [0.5, 0.6) is 0 Å². The van der Waals surface area contributed by atoms with Gasteiger partial charge in [0.2, 0.25) is 11.8 Å². The summed E-state index contributed by atoms with van der Waals surface area (Å²) in [6.45, 7) is 8.98. The molecule has 22 heavy (non-hydrogen) atoms. The van der Waals surface area contributed by atoms with Crippen LogP contribution in [0.25, 0.3) is 0 Å². The smallest absolute Gasteiger partial charge is 0.236 e. The van der Waals surface area contributed by atoms with Crippen molar-refractivity contribution in [2.45, 2.75) is 45.6 Å². The Bertz CT molecular complexity index is 432. The maximum absolute atomic E-state index is 12.5. The number of likely N-dealkylation sites (tertiary alicyclic amines) is 1. The molecule has 2 saturated heterocycles. The Morgan fingerprint density at radius 2 is 1.68 bits per heavy atom. The first-order valence-electron chi connectivity index (χ1n) is 8.87. The largest absolute Gasteiger partial charge is 0.340 e. The zero-order chi connectivity index (χ0) is 15.7. The number of piperazine rings is 1. The van der Waals surface area contributed by atoms with E-state index in [1.807, 2.05) is 9.80 Å². The molecular formula is C17H29N3O2. The second-order valence-corrected chi connectivity index (χ2v) is 7.35. The number of rotatable bonds is 3. The lowest BCUT2D eigenvalue weighted by atomic mass is 10.0. The number of carbonyl (C=O) groups excluding carboxylic acids is 2. The summed E-state index contributed by atoms with van der Waals surface area (Å²) in [5.41, 5.74) is 0. The third-order valence-electron chi connectivity index (χ3n) is 5.59. The molecule has 0 aromatic rings. The minimum Gasteiger partial charge on any atom is -0.340 e. The molecule has 3 unspecified atom stereocenters. The summed E-state index contributed by atoms with van der Waals surface area (Å²) in [6, 6.07) is 0.389. The van der Waals surface area contributed by atoms with Crippen molar-refractivity contribution >= 4 is 11.8 Å². The minimum atomic E-state index is 0.266. The third-order valence-corrected chi connectivity index (χ3v) is 5.59. The SMILES string of the molecule is CC1CC1C(=O)N1CCN(CC(=O)N2CCCCC2C)CC1. The molecule has 3 rings (SSSR count). The van der Waals surface area contributed by atoms with Gasteiger partial charge in [-0.25, -0.2) is 0 Å². The van der Waals surface area contributed by atoms with Crippen molar-refractivity contribution in [2.24, 2.45) is 11.8 Å². The number of hydrogen-bond donors (Lipinski definition) is 0. The van der Waals surface area contributed by atoms with Crippen molar-refractivity contribution in [1.82, 2.24) is 14.7 Å². The lowest BCUT2D eigenvalue weighted by Gasteiger charge is -2.38. The fourth-order valence-corrected chi connectivity index (χ4v) is 3.78. The fourth-order valence-electron chi connectivity index (χ4n) is 3.78.